The largest absolute Gasteiger partial charge is 0.357 e. The van der Waals surface area contributed by atoms with E-state index >= 15 is 0 Å². The number of likely N-dealkylation sites (N-methyl/N-ethyl adjacent to an activating group) is 2. The number of hydrogen-bond acceptors (Lipinski definition) is 6. The van der Waals surface area contributed by atoms with Crippen LogP contribution in [0.5, 0.6) is 0 Å². The molecule has 208 valence electrons. The summed E-state index contributed by atoms with van der Waals surface area (Å²) < 4.78 is 0. The molecule has 36 heavy (non-hydrogen) atoms. The van der Waals surface area contributed by atoms with Crippen LogP contribution >= 0.6 is 0 Å². The highest BCUT2D eigenvalue weighted by Gasteiger charge is 2.38. The fraction of sp³-hybridized carbons (Fsp3) is 0.846. The highest BCUT2D eigenvalue weighted by atomic mass is 16.2. The molecule has 1 heterocycles. The average Bonchev–Trinajstić information content (AvgIpc) is 3.32. The molecule has 1 aliphatic heterocycles. The third kappa shape index (κ3) is 10.0. The maximum Gasteiger partial charge on any atom is 0.245 e. The summed E-state index contributed by atoms with van der Waals surface area (Å²) in [4.78, 5) is 55.3. The SMILES string of the molecule is CNC(=O)[C@@H](C)NC(=O)[C@@H]1CCCN1C(=O)[C@H](CCCCN(C)C(C)C)NC(=O)[C@H](CC(C)C)NC. The van der Waals surface area contributed by atoms with E-state index in [1.807, 2.05) is 0 Å². The molecule has 1 aliphatic rings. The van der Waals surface area contributed by atoms with Gasteiger partial charge in [0, 0.05) is 19.6 Å². The molecule has 10 heteroatoms. The van der Waals surface area contributed by atoms with Gasteiger partial charge in [0.15, 0.2) is 0 Å². The average molecular weight is 511 g/mol. The number of hydrogen-bond donors (Lipinski definition) is 4. The first kappa shape index (κ1) is 31.8. The minimum atomic E-state index is -0.699. The van der Waals surface area contributed by atoms with Crippen molar-refractivity contribution in [1.29, 1.82) is 0 Å². The van der Waals surface area contributed by atoms with Gasteiger partial charge >= 0.3 is 0 Å². The third-order valence-corrected chi connectivity index (χ3v) is 6.96. The first-order valence-electron chi connectivity index (χ1n) is 13.4. The summed E-state index contributed by atoms with van der Waals surface area (Å²) in [5, 5.41) is 11.3. The topological polar surface area (TPSA) is 123 Å². The zero-order valence-corrected chi connectivity index (χ0v) is 23.6. The molecule has 1 saturated heterocycles. The predicted octanol–water partition coefficient (Wildman–Crippen LogP) is 0.858. The molecule has 0 spiro atoms. The summed E-state index contributed by atoms with van der Waals surface area (Å²) in [6.07, 6.45) is 4.08. The molecule has 0 aromatic rings. The van der Waals surface area contributed by atoms with Gasteiger partial charge in [0.25, 0.3) is 0 Å². The van der Waals surface area contributed by atoms with Crippen molar-refractivity contribution >= 4 is 23.6 Å². The molecule has 0 saturated carbocycles. The summed E-state index contributed by atoms with van der Waals surface area (Å²) in [5.41, 5.74) is 0. The molecule has 10 nitrogen and oxygen atoms in total. The zero-order chi connectivity index (χ0) is 27.4. The van der Waals surface area contributed by atoms with Crippen molar-refractivity contribution in [2.45, 2.75) is 103 Å². The van der Waals surface area contributed by atoms with Gasteiger partial charge in [-0.3, -0.25) is 19.2 Å². The van der Waals surface area contributed by atoms with Crippen LogP contribution < -0.4 is 21.3 Å². The lowest BCUT2D eigenvalue weighted by molar-refractivity contribution is -0.142. The van der Waals surface area contributed by atoms with E-state index in [4.69, 9.17) is 0 Å². The Bertz CT molecular complexity index is 729. The lowest BCUT2D eigenvalue weighted by Crippen LogP contribution is -2.57. The van der Waals surface area contributed by atoms with Gasteiger partial charge in [0.05, 0.1) is 6.04 Å². The Morgan fingerprint density at radius 2 is 1.61 bits per heavy atom. The first-order valence-corrected chi connectivity index (χ1v) is 13.4. The van der Waals surface area contributed by atoms with Crippen LogP contribution in [0.4, 0.5) is 0 Å². The maximum atomic E-state index is 13.7. The lowest BCUT2D eigenvalue weighted by atomic mass is 10.0. The van der Waals surface area contributed by atoms with Gasteiger partial charge < -0.3 is 31.1 Å². The van der Waals surface area contributed by atoms with Crippen LogP contribution in [0.1, 0.15) is 73.1 Å². The van der Waals surface area contributed by atoms with Crippen molar-refractivity contribution in [2.75, 3.05) is 34.2 Å². The molecule has 4 amide bonds. The Kier molecular flexibility index (Phi) is 14.0. The number of unbranched alkanes of at least 4 members (excludes halogenated alkanes) is 1. The Morgan fingerprint density at radius 3 is 2.17 bits per heavy atom. The highest BCUT2D eigenvalue weighted by Crippen LogP contribution is 2.20. The van der Waals surface area contributed by atoms with Crippen molar-refractivity contribution in [3.05, 3.63) is 0 Å². The summed E-state index contributed by atoms with van der Waals surface area (Å²) in [7, 11) is 5.34. The molecule has 4 N–H and O–H groups in total. The van der Waals surface area contributed by atoms with E-state index in [0.29, 0.717) is 44.2 Å². The van der Waals surface area contributed by atoms with E-state index in [-0.39, 0.29) is 23.6 Å². The molecule has 0 aromatic heterocycles. The Morgan fingerprint density at radius 1 is 0.944 bits per heavy atom. The fourth-order valence-corrected chi connectivity index (χ4v) is 4.42. The predicted molar refractivity (Wildman–Crippen MR) is 142 cm³/mol. The summed E-state index contributed by atoms with van der Waals surface area (Å²) in [6.45, 7) is 11.4. The van der Waals surface area contributed by atoms with Crippen LogP contribution in [-0.2, 0) is 19.2 Å². The van der Waals surface area contributed by atoms with Crippen LogP contribution in [0.15, 0.2) is 0 Å². The maximum absolute atomic E-state index is 13.7. The quantitative estimate of drug-likeness (QED) is 0.242. The summed E-state index contributed by atoms with van der Waals surface area (Å²) in [6, 6.07) is -1.99. The van der Waals surface area contributed by atoms with Crippen LogP contribution in [0, 0.1) is 5.92 Å². The van der Waals surface area contributed by atoms with Crippen LogP contribution in [-0.4, -0.2) is 97.9 Å². The molecular weight excluding hydrogens is 460 g/mol. The van der Waals surface area contributed by atoms with Crippen molar-refractivity contribution in [2.24, 2.45) is 5.92 Å². The Labute approximate surface area is 217 Å². The number of rotatable bonds is 15. The van der Waals surface area contributed by atoms with E-state index in [0.717, 1.165) is 19.4 Å². The number of carbonyl (C=O) groups is 4. The third-order valence-electron chi connectivity index (χ3n) is 6.96. The second kappa shape index (κ2) is 15.8. The standard InChI is InChI=1S/C26H50N6O4/c1-17(2)16-21(27-6)24(34)30-20(12-9-10-14-31(8)18(3)4)26(36)32-15-11-13-22(32)25(35)29-19(5)23(33)28-7/h17-22,27H,9-16H2,1-8H3,(H,28,33)(H,29,35)(H,30,34)/t19-,20+,21+,22+/m1/s1. The number of likely N-dealkylation sites (tertiary alicyclic amines) is 1. The molecule has 0 aromatic carbocycles. The van der Waals surface area contributed by atoms with Gasteiger partial charge in [-0.25, -0.2) is 0 Å². The van der Waals surface area contributed by atoms with Crippen molar-refractivity contribution in [1.82, 2.24) is 31.1 Å². The Hall–Kier alpha value is -2.20. The summed E-state index contributed by atoms with van der Waals surface area (Å²) >= 11 is 0. The zero-order valence-electron chi connectivity index (χ0n) is 23.6. The molecule has 0 unspecified atom stereocenters. The second-order valence-electron chi connectivity index (χ2n) is 10.6. The van der Waals surface area contributed by atoms with Crippen LogP contribution in [0.2, 0.25) is 0 Å². The first-order chi connectivity index (χ1) is 16.9. The number of nitrogens with one attached hydrogen (secondary N) is 4. The molecular formula is C26H50N6O4. The highest BCUT2D eigenvalue weighted by molar-refractivity contribution is 5.95. The second-order valence-corrected chi connectivity index (χ2v) is 10.6. The fourth-order valence-electron chi connectivity index (χ4n) is 4.42. The molecule has 0 radical (unpaired) electrons. The van der Waals surface area contributed by atoms with E-state index in [1.54, 1.807) is 18.9 Å². The molecule has 1 rings (SSSR count). The molecule has 4 atom stereocenters. The van der Waals surface area contributed by atoms with Gasteiger partial charge in [0.2, 0.25) is 23.6 Å². The lowest BCUT2D eigenvalue weighted by Gasteiger charge is -2.30. The van der Waals surface area contributed by atoms with E-state index in [1.165, 1.54) is 7.05 Å². The van der Waals surface area contributed by atoms with Crippen LogP contribution in [0.25, 0.3) is 0 Å². The van der Waals surface area contributed by atoms with E-state index in [9.17, 15) is 19.2 Å². The van der Waals surface area contributed by atoms with Crippen molar-refractivity contribution in [3.8, 4) is 0 Å². The van der Waals surface area contributed by atoms with Gasteiger partial charge in [-0.15, -0.1) is 0 Å². The monoisotopic (exact) mass is 510 g/mol. The van der Waals surface area contributed by atoms with Crippen LogP contribution in [0.3, 0.4) is 0 Å². The van der Waals surface area contributed by atoms with E-state index in [2.05, 4.69) is 60.9 Å². The van der Waals surface area contributed by atoms with E-state index < -0.39 is 24.2 Å². The van der Waals surface area contributed by atoms with Crippen molar-refractivity contribution < 1.29 is 19.2 Å². The summed E-state index contributed by atoms with van der Waals surface area (Å²) in [5.74, 6) is -0.738. The van der Waals surface area contributed by atoms with Gasteiger partial charge in [0.1, 0.15) is 18.1 Å². The Balaban J connectivity index is 2.96. The molecule has 0 bridgehead atoms. The number of nitrogens with zero attached hydrogens (tertiary/aromatic N) is 2. The van der Waals surface area contributed by atoms with Gasteiger partial charge in [-0.05, 0) is 85.9 Å². The minimum absolute atomic E-state index is 0.197. The molecule has 1 fully saturated rings. The number of carbonyl (C=O) groups excluding carboxylic acids is 4. The minimum Gasteiger partial charge on any atom is -0.357 e. The molecule has 0 aliphatic carbocycles. The number of amides is 4. The van der Waals surface area contributed by atoms with Gasteiger partial charge in [-0.1, -0.05) is 13.8 Å². The smallest absolute Gasteiger partial charge is 0.245 e. The normalized spacial score (nSPS) is 18.3. The van der Waals surface area contributed by atoms with Gasteiger partial charge in [-0.2, -0.15) is 0 Å². The van der Waals surface area contributed by atoms with Crippen molar-refractivity contribution in [3.63, 3.8) is 0 Å².